The summed E-state index contributed by atoms with van der Waals surface area (Å²) < 4.78 is 34.4. The zero-order valence-corrected chi connectivity index (χ0v) is 13.8. The summed E-state index contributed by atoms with van der Waals surface area (Å²) in [5.41, 5.74) is 1.76. The lowest BCUT2D eigenvalue weighted by atomic mass is 10.0. The highest BCUT2D eigenvalue weighted by Crippen LogP contribution is 2.32. The maximum absolute atomic E-state index is 14.5. The Bertz CT molecular complexity index is 1040. The number of benzene rings is 3. The van der Waals surface area contributed by atoms with Gasteiger partial charge in [0.15, 0.2) is 17.4 Å². The van der Waals surface area contributed by atoms with E-state index >= 15 is 0 Å². The first-order chi connectivity index (χ1) is 12.7. The van der Waals surface area contributed by atoms with E-state index in [0.717, 1.165) is 16.3 Å². The number of pyridine rings is 1. The zero-order chi connectivity index (χ0) is 17.9. The predicted molar refractivity (Wildman–Crippen MR) is 97.9 cm³/mol. The van der Waals surface area contributed by atoms with Gasteiger partial charge in [0.05, 0.1) is 5.69 Å². The van der Waals surface area contributed by atoms with Gasteiger partial charge in [0.25, 0.3) is 0 Å². The quantitative estimate of drug-likeness (QED) is 0.468. The van der Waals surface area contributed by atoms with Gasteiger partial charge in [0, 0.05) is 17.1 Å². The third-order valence-corrected chi connectivity index (χ3v) is 4.17. The first kappa shape index (κ1) is 16.2. The van der Waals surface area contributed by atoms with Gasteiger partial charge < -0.3 is 4.74 Å². The zero-order valence-electron chi connectivity index (χ0n) is 13.8. The Hall–Kier alpha value is -3.27. The molecule has 0 saturated heterocycles. The van der Waals surface area contributed by atoms with Crippen molar-refractivity contribution in [1.29, 1.82) is 0 Å². The number of ether oxygens (including phenoxy) is 1. The summed E-state index contributed by atoms with van der Waals surface area (Å²) >= 11 is 0. The monoisotopic (exact) mass is 347 g/mol. The first-order valence-electron chi connectivity index (χ1n) is 8.22. The molecule has 0 N–H and O–H groups in total. The molecule has 0 aliphatic carbocycles. The fraction of sp³-hybridized carbons (Fsp3) is 0.0455. The van der Waals surface area contributed by atoms with Crippen molar-refractivity contribution in [2.24, 2.45) is 0 Å². The van der Waals surface area contributed by atoms with E-state index in [4.69, 9.17) is 4.74 Å². The topological polar surface area (TPSA) is 22.1 Å². The molecule has 3 aromatic carbocycles. The van der Waals surface area contributed by atoms with Crippen molar-refractivity contribution in [1.82, 2.24) is 4.98 Å². The lowest BCUT2D eigenvalue weighted by Crippen LogP contribution is -2.00. The van der Waals surface area contributed by atoms with Crippen LogP contribution in [-0.2, 0) is 6.61 Å². The van der Waals surface area contributed by atoms with Crippen molar-refractivity contribution >= 4 is 10.8 Å². The Balaban J connectivity index is 1.69. The number of fused-ring (bicyclic) bond motifs is 1. The lowest BCUT2D eigenvalue weighted by Gasteiger charge is -2.11. The smallest absolute Gasteiger partial charge is 0.191 e. The molecule has 0 radical (unpaired) electrons. The Morgan fingerprint density at radius 2 is 1.50 bits per heavy atom. The molecule has 0 unspecified atom stereocenters. The van der Waals surface area contributed by atoms with Gasteiger partial charge in [0.1, 0.15) is 6.61 Å². The van der Waals surface area contributed by atoms with E-state index in [9.17, 15) is 8.78 Å². The van der Waals surface area contributed by atoms with Gasteiger partial charge in [-0.05, 0) is 29.1 Å². The van der Waals surface area contributed by atoms with Crippen LogP contribution in [-0.4, -0.2) is 4.98 Å². The lowest BCUT2D eigenvalue weighted by molar-refractivity contribution is 0.274. The third kappa shape index (κ3) is 3.14. The van der Waals surface area contributed by atoms with Gasteiger partial charge in [-0.3, -0.25) is 4.98 Å². The highest BCUT2D eigenvalue weighted by molar-refractivity contribution is 5.94. The molecule has 0 atom stereocenters. The Morgan fingerprint density at radius 1 is 0.808 bits per heavy atom. The number of halogens is 2. The molecule has 0 amide bonds. The van der Waals surface area contributed by atoms with Gasteiger partial charge in [0.2, 0.25) is 0 Å². The maximum atomic E-state index is 14.5. The van der Waals surface area contributed by atoms with Crippen LogP contribution in [0.2, 0.25) is 0 Å². The van der Waals surface area contributed by atoms with Crippen LogP contribution in [0.25, 0.3) is 22.0 Å². The average Bonchev–Trinajstić information content (AvgIpc) is 2.67. The SMILES string of the molecule is Fc1cc(-c2nccc3ccccc23)cc(F)c1OCc1ccccc1. The van der Waals surface area contributed by atoms with Crippen LogP contribution in [0.5, 0.6) is 5.75 Å². The average molecular weight is 347 g/mol. The van der Waals surface area contributed by atoms with Crippen LogP contribution in [0, 0.1) is 11.6 Å². The number of rotatable bonds is 4. The molecular weight excluding hydrogens is 332 g/mol. The standard InChI is InChI=1S/C22H15F2NO/c23-19-12-17(21-18-9-5-4-8-16(18)10-11-25-21)13-20(24)22(19)26-14-15-6-2-1-3-7-15/h1-13H,14H2. The van der Waals surface area contributed by atoms with Gasteiger partial charge >= 0.3 is 0 Å². The molecule has 4 rings (SSSR count). The summed E-state index contributed by atoms with van der Waals surface area (Å²) in [6.45, 7) is 0.0978. The Kier molecular flexibility index (Phi) is 4.32. The molecule has 0 bridgehead atoms. The minimum Gasteiger partial charge on any atom is -0.483 e. The molecular formula is C22H15F2NO. The number of aromatic nitrogens is 1. The Morgan fingerprint density at radius 3 is 2.27 bits per heavy atom. The third-order valence-electron chi connectivity index (χ3n) is 4.17. The van der Waals surface area contributed by atoms with Crippen molar-refractivity contribution < 1.29 is 13.5 Å². The van der Waals surface area contributed by atoms with E-state index in [1.165, 1.54) is 12.1 Å². The van der Waals surface area contributed by atoms with E-state index < -0.39 is 11.6 Å². The largest absolute Gasteiger partial charge is 0.483 e. The van der Waals surface area contributed by atoms with Crippen molar-refractivity contribution in [2.75, 3.05) is 0 Å². The molecule has 128 valence electrons. The highest BCUT2D eigenvalue weighted by Gasteiger charge is 2.15. The van der Waals surface area contributed by atoms with Gasteiger partial charge in [-0.1, -0.05) is 54.6 Å². The van der Waals surface area contributed by atoms with Crippen LogP contribution in [0.4, 0.5) is 8.78 Å². The van der Waals surface area contributed by atoms with Crippen LogP contribution in [0.1, 0.15) is 5.56 Å². The predicted octanol–water partition coefficient (Wildman–Crippen LogP) is 5.76. The molecule has 2 nitrogen and oxygen atoms in total. The van der Waals surface area contributed by atoms with E-state index in [1.807, 2.05) is 60.7 Å². The van der Waals surface area contributed by atoms with Gasteiger partial charge in [-0.15, -0.1) is 0 Å². The minimum atomic E-state index is -0.745. The van der Waals surface area contributed by atoms with E-state index in [-0.39, 0.29) is 12.4 Å². The fourth-order valence-electron chi connectivity index (χ4n) is 2.91. The maximum Gasteiger partial charge on any atom is 0.191 e. The molecule has 4 heteroatoms. The second-order valence-corrected chi connectivity index (χ2v) is 5.92. The van der Waals surface area contributed by atoms with Crippen LogP contribution in [0.15, 0.2) is 79.0 Å². The summed E-state index contributed by atoms with van der Waals surface area (Å²) in [7, 11) is 0. The van der Waals surface area contributed by atoms with Crippen LogP contribution in [0.3, 0.4) is 0 Å². The number of hydrogen-bond acceptors (Lipinski definition) is 2. The molecule has 0 aliphatic rings. The number of hydrogen-bond donors (Lipinski definition) is 0. The van der Waals surface area contributed by atoms with Crippen molar-refractivity contribution in [3.8, 4) is 17.0 Å². The van der Waals surface area contributed by atoms with Gasteiger partial charge in [-0.2, -0.15) is 0 Å². The second-order valence-electron chi connectivity index (χ2n) is 5.92. The molecule has 0 spiro atoms. The molecule has 4 aromatic rings. The first-order valence-corrected chi connectivity index (χ1v) is 8.22. The van der Waals surface area contributed by atoms with E-state index in [1.54, 1.807) is 6.20 Å². The Labute approximate surface area is 149 Å². The van der Waals surface area contributed by atoms with E-state index in [2.05, 4.69) is 4.98 Å². The molecule has 0 saturated carbocycles. The molecule has 1 heterocycles. The van der Waals surface area contributed by atoms with Crippen molar-refractivity contribution in [2.45, 2.75) is 6.61 Å². The molecule has 0 aliphatic heterocycles. The molecule has 26 heavy (non-hydrogen) atoms. The second kappa shape index (κ2) is 6.92. The van der Waals surface area contributed by atoms with E-state index in [0.29, 0.717) is 11.3 Å². The summed E-state index contributed by atoms with van der Waals surface area (Å²) in [6.07, 6.45) is 1.63. The van der Waals surface area contributed by atoms with Crippen LogP contribution >= 0.6 is 0 Å². The molecule has 0 fully saturated rings. The molecule has 1 aromatic heterocycles. The minimum absolute atomic E-state index is 0.0978. The normalized spacial score (nSPS) is 10.8. The van der Waals surface area contributed by atoms with Crippen molar-refractivity contribution in [3.63, 3.8) is 0 Å². The summed E-state index contributed by atoms with van der Waals surface area (Å²) in [5.74, 6) is -1.87. The van der Waals surface area contributed by atoms with Crippen LogP contribution < -0.4 is 4.74 Å². The summed E-state index contributed by atoms with van der Waals surface area (Å²) in [5, 5.41) is 1.80. The van der Waals surface area contributed by atoms with Gasteiger partial charge in [-0.25, -0.2) is 8.78 Å². The summed E-state index contributed by atoms with van der Waals surface area (Å²) in [6, 6.07) is 21.2. The van der Waals surface area contributed by atoms with Crippen molar-refractivity contribution in [3.05, 3.63) is 96.2 Å². The fourth-order valence-corrected chi connectivity index (χ4v) is 2.91. The number of nitrogens with zero attached hydrogens (tertiary/aromatic N) is 1. The summed E-state index contributed by atoms with van der Waals surface area (Å²) in [4.78, 5) is 4.31. The highest BCUT2D eigenvalue weighted by atomic mass is 19.1.